The Kier molecular flexibility index (Phi) is 4.21. The van der Waals surface area contributed by atoms with Gasteiger partial charge in [0.25, 0.3) is 0 Å². The summed E-state index contributed by atoms with van der Waals surface area (Å²) in [4.78, 5) is 4.24. The van der Waals surface area contributed by atoms with E-state index in [1.165, 1.54) is 12.1 Å². The van der Waals surface area contributed by atoms with Gasteiger partial charge in [0, 0.05) is 31.5 Å². The lowest BCUT2D eigenvalue weighted by Crippen LogP contribution is -2.42. The Morgan fingerprint density at radius 3 is 2.76 bits per heavy atom. The van der Waals surface area contributed by atoms with Crippen LogP contribution < -0.4 is 5.32 Å². The van der Waals surface area contributed by atoms with Crippen LogP contribution in [0.2, 0.25) is 0 Å². The van der Waals surface area contributed by atoms with Crippen LogP contribution in [0.25, 0.3) is 0 Å². The van der Waals surface area contributed by atoms with Crippen LogP contribution in [0.4, 0.5) is 8.78 Å². The highest BCUT2D eigenvalue weighted by atomic mass is 19.1. The van der Waals surface area contributed by atoms with Crippen LogP contribution in [0.3, 0.4) is 0 Å². The van der Waals surface area contributed by atoms with Crippen LogP contribution in [0.5, 0.6) is 0 Å². The van der Waals surface area contributed by atoms with Gasteiger partial charge >= 0.3 is 0 Å². The molecule has 1 fully saturated rings. The maximum Gasteiger partial charge on any atom is 0.228 e. The van der Waals surface area contributed by atoms with Gasteiger partial charge in [-0.1, -0.05) is 5.16 Å². The van der Waals surface area contributed by atoms with E-state index in [-0.39, 0.29) is 12.5 Å². The van der Waals surface area contributed by atoms with Crippen molar-refractivity contribution >= 4 is 0 Å². The number of ether oxygens (including phenoxy) is 1. The molecular weight excluding hydrogens is 280 g/mol. The van der Waals surface area contributed by atoms with Crippen molar-refractivity contribution in [2.75, 3.05) is 19.8 Å². The predicted octanol–water partition coefficient (Wildman–Crippen LogP) is 1.47. The Balaban J connectivity index is 1.64. The number of halogens is 2. The largest absolute Gasteiger partial charge is 0.378 e. The molecule has 1 atom stereocenters. The van der Waals surface area contributed by atoms with Gasteiger partial charge in [-0.05, 0) is 17.7 Å². The molecule has 1 N–H and O–H groups in total. The maximum absolute atomic E-state index is 13.1. The molecular formula is C14H15F2N3O2. The molecule has 1 aromatic heterocycles. The second kappa shape index (κ2) is 6.28. The number of aromatic nitrogens is 2. The molecule has 0 amide bonds. The first kappa shape index (κ1) is 14.1. The second-order valence-corrected chi connectivity index (χ2v) is 4.99. The Labute approximate surface area is 120 Å². The maximum atomic E-state index is 13.1. The summed E-state index contributed by atoms with van der Waals surface area (Å²) in [6, 6.07) is 3.50. The number of hydrogen-bond donors (Lipinski definition) is 1. The molecule has 3 rings (SSSR count). The summed E-state index contributed by atoms with van der Waals surface area (Å²) in [5.74, 6) is -0.328. The zero-order valence-corrected chi connectivity index (χ0v) is 11.3. The van der Waals surface area contributed by atoms with Crippen LogP contribution >= 0.6 is 0 Å². The van der Waals surface area contributed by atoms with Crippen LogP contribution in [0.1, 0.15) is 17.3 Å². The third-order valence-corrected chi connectivity index (χ3v) is 3.21. The van der Waals surface area contributed by atoms with Gasteiger partial charge in [-0.2, -0.15) is 4.98 Å². The molecule has 1 aromatic carbocycles. The molecule has 0 aliphatic carbocycles. The van der Waals surface area contributed by atoms with Crippen LogP contribution in [-0.4, -0.2) is 35.9 Å². The van der Waals surface area contributed by atoms with Crippen molar-refractivity contribution < 1.29 is 18.0 Å². The quantitative estimate of drug-likeness (QED) is 0.925. The number of hydrogen-bond acceptors (Lipinski definition) is 5. The van der Waals surface area contributed by atoms with Gasteiger partial charge in [0.1, 0.15) is 11.6 Å². The number of morpholine rings is 1. The highest BCUT2D eigenvalue weighted by Gasteiger charge is 2.17. The minimum absolute atomic E-state index is 0.152. The Morgan fingerprint density at radius 1 is 1.24 bits per heavy atom. The molecule has 0 spiro atoms. The summed E-state index contributed by atoms with van der Waals surface area (Å²) >= 11 is 0. The first-order chi connectivity index (χ1) is 10.2. The summed E-state index contributed by atoms with van der Waals surface area (Å²) in [7, 11) is 0. The van der Waals surface area contributed by atoms with E-state index in [1.54, 1.807) is 0 Å². The van der Waals surface area contributed by atoms with Gasteiger partial charge in [0.05, 0.1) is 13.2 Å². The Morgan fingerprint density at radius 2 is 2.05 bits per heavy atom. The van der Waals surface area contributed by atoms with Crippen LogP contribution in [-0.2, 0) is 17.6 Å². The fourth-order valence-corrected chi connectivity index (χ4v) is 2.30. The predicted molar refractivity (Wildman–Crippen MR) is 69.8 cm³/mol. The van der Waals surface area contributed by atoms with E-state index in [0.717, 1.165) is 12.6 Å². The fraction of sp³-hybridized carbons (Fsp3) is 0.429. The molecule has 1 saturated heterocycles. The molecule has 0 saturated carbocycles. The SMILES string of the molecule is Fc1cc(F)cc(Cc2noc(CC3COCCN3)n2)c1. The molecule has 21 heavy (non-hydrogen) atoms. The standard InChI is InChI=1S/C14H15F2N3O2/c15-10-3-9(4-11(16)6-10)5-13-18-14(21-19-13)7-12-8-20-2-1-17-12/h3-4,6,12,17H,1-2,5,7-8H2. The lowest BCUT2D eigenvalue weighted by molar-refractivity contribution is 0.0744. The van der Waals surface area contributed by atoms with E-state index in [4.69, 9.17) is 9.26 Å². The molecule has 2 aromatic rings. The smallest absolute Gasteiger partial charge is 0.228 e. The van der Waals surface area contributed by atoms with Crippen LogP contribution in [0.15, 0.2) is 22.7 Å². The average molecular weight is 295 g/mol. The molecule has 112 valence electrons. The highest BCUT2D eigenvalue weighted by Crippen LogP contribution is 2.12. The van der Waals surface area contributed by atoms with E-state index in [0.29, 0.717) is 36.9 Å². The normalized spacial score (nSPS) is 18.9. The van der Waals surface area contributed by atoms with E-state index in [1.807, 2.05) is 0 Å². The molecule has 0 bridgehead atoms. The molecule has 2 heterocycles. The molecule has 5 nitrogen and oxygen atoms in total. The van der Waals surface area contributed by atoms with Gasteiger partial charge in [-0.25, -0.2) is 8.78 Å². The van der Waals surface area contributed by atoms with E-state index < -0.39 is 11.6 Å². The lowest BCUT2D eigenvalue weighted by atomic mass is 10.1. The van der Waals surface area contributed by atoms with E-state index in [2.05, 4.69) is 15.5 Å². The Bertz CT molecular complexity index is 592. The first-order valence-electron chi connectivity index (χ1n) is 6.76. The van der Waals surface area contributed by atoms with Gasteiger partial charge in [-0.3, -0.25) is 0 Å². The van der Waals surface area contributed by atoms with Gasteiger partial charge < -0.3 is 14.6 Å². The molecule has 0 radical (unpaired) electrons. The molecule has 1 unspecified atom stereocenters. The number of nitrogens with zero attached hydrogens (tertiary/aromatic N) is 2. The monoisotopic (exact) mass is 295 g/mol. The minimum atomic E-state index is -0.614. The number of nitrogens with one attached hydrogen (secondary N) is 1. The topological polar surface area (TPSA) is 60.2 Å². The summed E-state index contributed by atoms with van der Waals surface area (Å²) in [6.07, 6.45) is 0.803. The van der Waals surface area contributed by atoms with Crippen molar-refractivity contribution in [3.63, 3.8) is 0 Å². The third kappa shape index (κ3) is 3.83. The van der Waals surface area contributed by atoms with Gasteiger partial charge in [0.15, 0.2) is 5.82 Å². The van der Waals surface area contributed by atoms with Crippen LogP contribution in [0, 0.1) is 11.6 Å². The first-order valence-corrected chi connectivity index (χ1v) is 6.76. The van der Waals surface area contributed by atoms with Gasteiger partial charge in [-0.15, -0.1) is 0 Å². The summed E-state index contributed by atoms with van der Waals surface area (Å²) in [5, 5.41) is 7.13. The highest BCUT2D eigenvalue weighted by molar-refractivity contribution is 5.21. The van der Waals surface area contributed by atoms with Crippen molar-refractivity contribution in [3.05, 3.63) is 47.1 Å². The van der Waals surface area contributed by atoms with Crippen molar-refractivity contribution in [1.29, 1.82) is 0 Å². The van der Waals surface area contributed by atoms with Crippen molar-refractivity contribution in [2.45, 2.75) is 18.9 Å². The van der Waals surface area contributed by atoms with Crippen molar-refractivity contribution in [2.24, 2.45) is 0 Å². The molecule has 7 heteroatoms. The lowest BCUT2D eigenvalue weighted by Gasteiger charge is -2.22. The zero-order valence-electron chi connectivity index (χ0n) is 11.3. The summed E-state index contributed by atoms with van der Waals surface area (Å²) < 4.78 is 36.7. The third-order valence-electron chi connectivity index (χ3n) is 3.21. The summed E-state index contributed by atoms with van der Waals surface area (Å²) in [6.45, 7) is 2.11. The molecule has 1 aliphatic heterocycles. The summed E-state index contributed by atoms with van der Waals surface area (Å²) in [5.41, 5.74) is 0.471. The fourth-order valence-electron chi connectivity index (χ4n) is 2.30. The van der Waals surface area contributed by atoms with Gasteiger partial charge in [0.2, 0.25) is 5.89 Å². The average Bonchev–Trinajstić information content (AvgIpc) is 2.86. The zero-order chi connectivity index (χ0) is 14.7. The second-order valence-electron chi connectivity index (χ2n) is 4.99. The molecule has 1 aliphatic rings. The minimum Gasteiger partial charge on any atom is -0.378 e. The number of rotatable bonds is 4. The van der Waals surface area contributed by atoms with E-state index >= 15 is 0 Å². The van der Waals surface area contributed by atoms with Crippen molar-refractivity contribution in [1.82, 2.24) is 15.5 Å². The van der Waals surface area contributed by atoms with E-state index in [9.17, 15) is 8.78 Å². The number of benzene rings is 1. The van der Waals surface area contributed by atoms with Crippen molar-refractivity contribution in [3.8, 4) is 0 Å². The Hall–Kier alpha value is -1.86.